The van der Waals surface area contributed by atoms with Crippen molar-refractivity contribution >= 4 is 11.5 Å². The van der Waals surface area contributed by atoms with Crippen LogP contribution in [0.3, 0.4) is 0 Å². The van der Waals surface area contributed by atoms with E-state index in [1.807, 2.05) is 47.1 Å². The highest BCUT2D eigenvalue weighted by Crippen LogP contribution is 2.30. The Morgan fingerprint density at radius 2 is 2.09 bits per heavy atom. The van der Waals surface area contributed by atoms with E-state index in [1.54, 1.807) is 7.11 Å². The average molecular weight is 294 g/mol. The van der Waals surface area contributed by atoms with Crippen LogP contribution >= 0.6 is 0 Å². The molecule has 0 amide bonds. The number of hydrogen-bond donors (Lipinski definition) is 0. The minimum Gasteiger partial charge on any atom is -0.497 e. The maximum atomic E-state index is 5.31. The standard InChI is InChI=1S/C17H18N4O/c1-20(13-6-7-13)17-9-8-16-18-11-15(21(16)19-17)12-4-3-5-14(10-12)22-2/h3-5,8-11,13H,6-7H2,1-2H3. The Hall–Kier alpha value is -2.56. The third kappa shape index (κ3) is 2.19. The van der Waals surface area contributed by atoms with Crippen LogP contribution in [0.15, 0.2) is 42.6 Å². The molecule has 22 heavy (non-hydrogen) atoms. The van der Waals surface area contributed by atoms with Crippen LogP contribution in [0.1, 0.15) is 12.8 Å². The van der Waals surface area contributed by atoms with Crippen LogP contribution in [-0.4, -0.2) is 34.8 Å². The van der Waals surface area contributed by atoms with Crippen LogP contribution in [-0.2, 0) is 0 Å². The molecule has 2 heterocycles. The molecule has 4 rings (SSSR count). The second-order valence-corrected chi connectivity index (χ2v) is 5.68. The summed E-state index contributed by atoms with van der Waals surface area (Å²) < 4.78 is 7.21. The third-order valence-corrected chi connectivity index (χ3v) is 4.17. The first-order valence-corrected chi connectivity index (χ1v) is 7.48. The Bertz CT molecular complexity index is 822. The lowest BCUT2D eigenvalue weighted by atomic mass is 10.1. The number of fused-ring (bicyclic) bond motifs is 1. The van der Waals surface area contributed by atoms with Crippen molar-refractivity contribution < 1.29 is 4.74 Å². The maximum absolute atomic E-state index is 5.31. The summed E-state index contributed by atoms with van der Waals surface area (Å²) in [4.78, 5) is 6.70. The molecule has 3 aromatic rings. The summed E-state index contributed by atoms with van der Waals surface area (Å²) in [5.41, 5.74) is 2.87. The molecule has 1 aliphatic rings. The van der Waals surface area contributed by atoms with Crippen molar-refractivity contribution in [2.45, 2.75) is 18.9 Å². The molecule has 2 aromatic heterocycles. The number of anilines is 1. The van der Waals surface area contributed by atoms with Gasteiger partial charge in [0.15, 0.2) is 5.65 Å². The highest BCUT2D eigenvalue weighted by Gasteiger charge is 2.27. The van der Waals surface area contributed by atoms with Crippen molar-refractivity contribution in [3.8, 4) is 17.0 Å². The summed E-state index contributed by atoms with van der Waals surface area (Å²) >= 11 is 0. The molecule has 5 nitrogen and oxygen atoms in total. The highest BCUT2D eigenvalue weighted by molar-refractivity contribution is 5.65. The predicted octanol–water partition coefficient (Wildman–Crippen LogP) is 3.00. The lowest BCUT2D eigenvalue weighted by Crippen LogP contribution is -2.21. The van der Waals surface area contributed by atoms with Gasteiger partial charge in [0.1, 0.15) is 11.6 Å². The van der Waals surface area contributed by atoms with Crippen LogP contribution in [0, 0.1) is 0 Å². The Balaban J connectivity index is 1.81. The van der Waals surface area contributed by atoms with Gasteiger partial charge in [-0.3, -0.25) is 0 Å². The van der Waals surface area contributed by atoms with Gasteiger partial charge in [0.05, 0.1) is 19.0 Å². The molecule has 0 unspecified atom stereocenters. The van der Waals surface area contributed by atoms with E-state index in [4.69, 9.17) is 9.84 Å². The topological polar surface area (TPSA) is 42.7 Å². The van der Waals surface area contributed by atoms with Crippen molar-refractivity contribution in [1.29, 1.82) is 0 Å². The smallest absolute Gasteiger partial charge is 0.154 e. The fraction of sp³-hybridized carbons (Fsp3) is 0.294. The molecule has 0 radical (unpaired) electrons. The summed E-state index contributed by atoms with van der Waals surface area (Å²) in [5.74, 6) is 1.82. The number of ether oxygens (including phenoxy) is 1. The Morgan fingerprint density at radius 3 is 2.86 bits per heavy atom. The Labute approximate surface area is 129 Å². The zero-order chi connectivity index (χ0) is 15.1. The van der Waals surface area contributed by atoms with Gasteiger partial charge < -0.3 is 9.64 Å². The van der Waals surface area contributed by atoms with Crippen molar-refractivity contribution in [3.05, 3.63) is 42.6 Å². The first kappa shape index (κ1) is 13.1. The first-order chi connectivity index (χ1) is 10.8. The highest BCUT2D eigenvalue weighted by atomic mass is 16.5. The van der Waals surface area contributed by atoms with Crippen LogP contribution in [0.4, 0.5) is 5.82 Å². The summed E-state index contributed by atoms with van der Waals surface area (Å²) in [5, 5.41) is 4.77. The molecule has 1 aromatic carbocycles. The van der Waals surface area contributed by atoms with Gasteiger partial charge in [0.25, 0.3) is 0 Å². The van der Waals surface area contributed by atoms with E-state index >= 15 is 0 Å². The molecule has 0 N–H and O–H groups in total. The number of hydrogen-bond acceptors (Lipinski definition) is 4. The molecule has 5 heteroatoms. The maximum Gasteiger partial charge on any atom is 0.154 e. The first-order valence-electron chi connectivity index (χ1n) is 7.48. The van der Waals surface area contributed by atoms with Crippen molar-refractivity contribution in [3.63, 3.8) is 0 Å². The largest absolute Gasteiger partial charge is 0.497 e. The van der Waals surface area contributed by atoms with Gasteiger partial charge in [0, 0.05) is 18.7 Å². The van der Waals surface area contributed by atoms with Gasteiger partial charge >= 0.3 is 0 Å². The third-order valence-electron chi connectivity index (χ3n) is 4.17. The number of nitrogens with zero attached hydrogens (tertiary/aromatic N) is 4. The quantitative estimate of drug-likeness (QED) is 0.742. The summed E-state index contributed by atoms with van der Waals surface area (Å²) in [7, 11) is 3.78. The number of methoxy groups -OCH3 is 1. The molecular formula is C17H18N4O. The predicted molar refractivity (Wildman–Crippen MR) is 86.4 cm³/mol. The molecule has 112 valence electrons. The summed E-state index contributed by atoms with van der Waals surface area (Å²) in [6, 6.07) is 12.7. The fourth-order valence-electron chi connectivity index (χ4n) is 2.68. The number of imidazole rings is 1. The van der Waals surface area contributed by atoms with Gasteiger partial charge in [-0.2, -0.15) is 0 Å². The van der Waals surface area contributed by atoms with Gasteiger partial charge in [0.2, 0.25) is 0 Å². The zero-order valence-electron chi connectivity index (χ0n) is 12.7. The van der Waals surface area contributed by atoms with Crippen LogP contribution < -0.4 is 9.64 Å². The molecule has 0 spiro atoms. The molecule has 1 fully saturated rings. The van der Waals surface area contributed by atoms with E-state index in [0.29, 0.717) is 6.04 Å². The Kier molecular flexibility index (Phi) is 2.99. The summed E-state index contributed by atoms with van der Waals surface area (Å²) in [6.07, 6.45) is 4.36. The molecule has 1 saturated carbocycles. The van der Waals surface area contributed by atoms with Gasteiger partial charge in [-0.05, 0) is 37.1 Å². The summed E-state index contributed by atoms with van der Waals surface area (Å²) in [6.45, 7) is 0. The monoisotopic (exact) mass is 294 g/mol. The molecule has 0 aliphatic heterocycles. The number of rotatable bonds is 4. The van der Waals surface area contributed by atoms with E-state index in [-0.39, 0.29) is 0 Å². The minimum absolute atomic E-state index is 0.633. The fourth-order valence-corrected chi connectivity index (χ4v) is 2.68. The van der Waals surface area contributed by atoms with Crippen molar-refractivity contribution in [1.82, 2.24) is 14.6 Å². The van der Waals surface area contributed by atoms with Gasteiger partial charge in [-0.1, -0.05) is 12.1 Å². The molecular weight excluding hydrogens is 276 g/mol. The van der Waals surface area contributed by atoms with E-state index in [1.165, 1.54) is 12.8 Å². The van der Waals surface area contributed by atoms with Crippen molar-refractivity contribution in [2.24, 2.45) is 0 Å². The van der Waals surface area contributed by atoms with Crippen LogP contribution in [0.25, 0.3) is 16.9 Å². The lowest BCUT2D eigenvalue weighted by molar-refractivity contribution is 0.415. The second kappa shape index (κ2) is 5.02. The average Bonchev–Trinajstić information content (AvgIpc) is 3.33. The van der Waals surface area contributed by atoms with E-state index in [0.717, 1.165) is 28.5 Å². The Morgan fingerprint density at radius 1 is 1.23 bits per heavy atom. The molecule has 0 saturated heterocycles. The second-order valence-electron chi connectivity index (χ2n) is 5.68. The van der Waals surface area contributed by atoms with E-state index in [2.05, 4.69) is 16.9 Å². The van der Waals surface area contributed by atoms with Crippen LogP contribution in [0.2, 0.25) is 0 Å². The van der Waals surface area contributed by atoms with Crippen molar-refractivity contribution in [2.75, 3.05) is 19.1 Å². The lowest BCUT2D eigenvalue weighted by Gasteiger charge is -2.17. The van der Waals surface area contributed by atoms with E-state index < -0.39 is 0 Å². The number of benzene rings is 1. The minimum atomic E-state index is 0.633. The van der Waals surface area contributed by atoms with Crippen LogP contribution in [0.5, 0.6) is 5.75 Å². The molecule has 1 aliphatic carbocycles. The van der Waals surface area contributed by atoms with Gasteiger partial charge in [-0.25, -0.2) is 9.50 Å². The number of aromatic nitrogens is 3. The molecule has 0 atom stereocenters. The normalized spacial score (nSPS) is 14.3. The van der Waals surface area contributed by atoms with E-state index in [9.17, 15) is 0 Å². The SMILES string of the molecule is COc1cccc(-c2cnc3ccc(N(C)C4CC4)nn23)c1. The molecule has 0 bridgehead atoms. The zero-order valence-corrected chi connectivity index (χ0v) is 12.7. The van der Waals surface area contributed by atoms with Gasteiger partial charge in [-0.15, -0.1) is 5.10 Å².